The van der Waals surface area contributed by atoms with Gasteiger partial charge in [-0.05, 0) is 81.3 Å². The van der Waals surface area contributed by atoms with Gasteiger partial charge >= 0.3 is 0 Å². The molecule has 1 aromatic heterocycles. The summed E-state index contributed by atoms with van der Waals surface area (Å²) in [6.45, 7) is 8.73. The molecule has 0 spiro atoms. The summed E-state index contributed by atoms with van der Waals surface area (Å²) in [7, 11) is 0. The van der Waals surface area contributed by atoms with Crippen molar-refractivity contribution in [2.75, 3.05) is 26.2 Å². The van der Waals surface area contributed by atoms with Crippen molar-refractivity contribution < 1.29 is 9.47 Å². The summed E-state index contributed by atoms with van der Waals surface area (Å²) in [4.78, 5) is 2.54. The van der Waals surface area contributed by atoms with Crippen molar-refractivity contribution in [2.24, 2.45) is 0 Å². The molecule has 0 bridgehead atoms. The number of benzene rings is 2. The molecule has 0 saturated carbocycles. The maximum Gasteiger partial charge on any atom is 0.158 e. The van der Waals surface area contributed by atoms with Crippen LogP contribution >= 0.6 is 11.6 Å². The first-order chi connectivity index (χ1) is 15.6. The maximum atomic E-state index is 6.37. The summed E-state index contributed by atoms with van der Waals surface area (Å²) in [5.74, 6) is 1.70. The van der Waals surface area contributed by atoms with Gasteiger partial charge in [0.05, 0.1) is 5.52 Å². The molecule has 2 aromatic carbocycles. The second-order valence-electron chi connectivity index (χ2n) is 9.10. The standard InChI is InChI=1S/C26H30ClN3O2/c1-18(2)30-24-9-6-19(13-23(24)26(27)28-30)16-31-22-8-7-21-12-20(17-32-25(21)14-22)15-29-10-4-3-5-11-29/h6-9,12-14,18H,3-5,10-11,15-17H2,1-2H3. The molecule has 1 fully saturated rings. The summed E-state index contributed by atoms with van der Waals surface area (Å²) < 4.78 is 14.1. The van der Waals surface area contributed by atoms with Gasteiger partial charge in [-0.3, -0.25) is 9.58 Å². The number of halogens is 1. The molecule has 5 rings (SSSR count). The average molecular weight is 452 g/mol. The summed E-state index contributed by atoms with van der Waals surface area (Å²) in [6.07, 6.45) is 6.26. The van der Waals surface area contributed by atoms with Crippen LogP contribution in [-0.2, 0) is 6.61 Å². The van der Waals surface area contributed by atoms with Gasteiger partial charge in [0.1, 0.15) is 24.7 Å². The van der Waals surface area contributed by atoms with Crippen molar-refractivity contribution in [2.45, 2.75) is 45.8 Å². The molecule has 0 radical (unpaired) electrons. The van der Waals surface area contributed by atoms with Gasteiger partial charge in [-0.2, -0.15) is 5.10 Å². The van der Waals surface area contributed by atoms with E-state index in [1.165, 1.54) is 37.9 Å². The molecule has 0 unspecified atom stereocenters. The molecule has 0 N–H and O–H groups in total. The second-order valence-corrected chi connectivity index (χ2v) is 9.46. The fourth-order valence-electron chi connectivity index (χ4n) is 4.58. The molecule has 6 heteroatoms. The lowest BCUT2D eigenvalue weighted by Gasteiger charge is -2.29. The molecule has 2 aliphatic rings. The van der Waals surface area contributed by atoms with Crippen LogP contribution in [0.3, 0.4) is 0 Å². The molecular formula is C26H30ClN3O2. The Morgan fingerprint density at radius 1 is 1.09 bits per heavy atom. The third kappa shape index (κ3) is 4.50. The van der Waals surface area contributed by atoms with Crippen LogP contribution in [0.2, 0.25) is 5.15 Å². The van der Waals surface area contributed by atoms with Crippen molar-refractivity contribution in [3.8, 4) is 11.5 Å². The molecule has 3 aromatic rings. The Labute approximate surface area is 194 Å². The summed E-state index contributed by atoms with van der Waals surface area (Å²) in [5, 5.41) is 5.95. The number of nitrogens with zero attached hydrogens (tertiary/aromatic N) is 3. The van der Waals surface area contributed by atoms with E-state index in [9.17, 15) is 0 Å². The minimum absolute atomic E-state index is 0.261. The number of fused-ring (bicyclic) bond motifs is 2. The first kappa shape index (κ1) is 21.4. The Morgan fingerprint density at radius 2 is 1.94 bits per heavy atom. The summed E-state index contributed by atoms with van der Waals surface area (Å²) in [5.41, 5.74) is 4.58. The number of piperidine rings is 1. The summed E-state index contributed by atoms with van der Waals surface area (Å²) >= 11 is 6.37. The quantitative estimate of drug-likeness (QED) is 0.453. The fourth-order valence-corrected chi connectivity index (χ4v) is 4.81. The monoisotopic (exact) mass is 451 g/mol. The third-order valence-corrected chi connectivity index (χ3v) is 6.53. The van der Waals surface area contributed by atoms with Gasteiger partial charge in [-0.25, -0.2) is 0 Å². The fraction of sp³-hybridized carbons (Fsp3) is 0.423. The van der Waals surface area contributed by atoms with Crippen molar-refractivity contribution in [3.05, 3.63) is 58.3 Å². The van der Waals surface area contributed by atoms with Gasteiger partial charge < -0.3 is 9.47 Å². The van der Waals surface area contributed by atoms with Crippen LogP contribution in [-0.4, -0.2) is 40.9 Å². The molecule has 3 heterocycles. The zero-order chi connectivity index (χ0) is 22.1. The maximum absolute atomic E-state index is 6.37. The molecule has 2 aliphatic heterocycles. The number of hydrogen-bond acceptors (Lipinski definition) is 4. The van der Waals surface area contributed by atoms with Crippen molar-refractivity contribution >= 4 is 28.6 Å². The normalized spacial score (nSPS) is 16.7. The highest BCUT2D eigenvalue weighted by atomic mass is 35.5. The van der Waals surface area contributed by atoms with E-state index in [0.717, 1.165) is 40.1 Å². The van der Waals surface area contributed by atoms with E-state index in [1.807, 2.05) is 16.8 Å². The Morgan fingerprint density at radius 3 is 2.75 bits per heavy atom. The van der Waals surface area contributed by atoms with Gasteiger partial charge in [-0.15, -0.1) is 0 Å². The van der Waals surface area contributed by atoms with E-state index in [0.29, 0.717) is 18.4 Å². The molecule has 0 amide bonds. The number of likely N-dealkylation sites (tertiary alicyclic amines) is 1. The SMILES string of the molecule is CC(C)n1nc(Cl)c2cc(COc3ccc4c(c3)OCC(CN3CCCCC3)=C4)ccc21. The lowest BCUT2D eigenvalue weighted by molar-refractivity contribution is 0.234. The van der Waals surface area contributed by atoms with Crippen LogP contribution in [0.4, 0.5) is 0 Å². The molecule has 5 nitrogen and oxygen atoms in total. The van der Waals surface area contributed by atoms with Crippen molar-refractivity contribution in [1.29, 1.82) is 0 Å². The van der Waals surface area contributed by atoms with E-state index in [-0.39, 0.29) is 6.04 Å². The number of aromatic nitrogens is 2. The minimum Gasteiger partial charge on any atom is -0.489 e. The Bertz CT molecular complexity index is 1150. The van der Waals surface area contributed by atoms with Crippen molar-refractivity contribution in [3.63, 3.8) is 0 Å². The predicted octanol–water partition coefficient (Wildman–Crippen LogP) is 6.11. The average Bonchev–Trinajstić information content (AvgIpc) is 3.14. The van der Waals surface area contributed by atoms with E-state index in [4.69, 9.17) is 21.1 Å². The highest BCUT2D eigenvalue weighted by molar-refractivity contribution is 6.34. The first-order valence-corrected chi connectivity index (χ1v) is 11.9. The second kappa shape index (κ2) is 9.16. The number of rotatable bonds is 6. The van der Waals surface area contributed by atoms with Crippen LogP contribution < -0.4 is 9.47 Å². The Balaban J connectivity index is 1.26. The van der Waals surface area contributed by atoms with Crippen molar-refractivity contribution in [1.82, 2.24) is 14.7 Å². The largest absolute Gasteiger partial charge is 0.489 e. The predicted molar refractivity (Wildman–Crippen MR) is 130 cm³/mol. The Hall–Kier alpha value is -2.50. The smallest absolute Gasteiger partial charge is 0.158 e. The van der Waals surface area contributed by atoms with Crippen LogP contribution in [0.5, 0.6) is 11.5 Å². The molecule has 0 aliphatic carbocycles. The molecule has 168 valence electrons. The number of hydrogen-bond donors (Lipinski definition) is 0. The van der Waals surface area contributed by atoms with E-state index >= 15 is 0 Å². The van der Waals surface area contributed by atoms with Crippen LogP contribution in [0, 0.1) is 0 Å². The van der Waals surface area contributed by atoms with E-state index in [2.05, 4.69) is 54.2 Å². The van der Waals surface area contributed by atoms with Gasteiger partial charge in [-0.1, -0.05) is 24.1 Å². The molecule has 1 saturated heterocycles. The Kier molecular flexibility index (Phi) is 6.11. The van der Waals surface area contributed by atoms with Gasteiger partial charge in [0.2, 0.25) is 0 Å². The lowest BCUT2D eigenvalue weighted by Crippen LogP contribution is -2.32. The molecule has 0 atom stereocenters. The third-order valence-electron chi connectivity index (χ3n) is 6.25. The van der Waals surface area contributed by atoms with E-state index in [1.54, 1.807) is 0 Å². The highest BCUT2D eigenvalue weighted by Crippen LogP contribution is 2.32. The molecular weight excluding hydrogens is 422 g/mol. The van der Waals surface area contributed by atoms with Gasteiger partial charge in [0.15, 0.2) is 5.15 Å². The zero-order valence-electron chi connectivity index (χ0n) is 18.8. The molecule has 32 heavy (non-hydrogen) atoms. The zero-order valence-corrected chi connectivity index (χ0v) is 19.6. The van der Waals surface area contributed by atoms with Crippen LogP contribution in [0.25, 0.3) is 17.0 Å². The number of ether oxygens (including phenoxy) is 2. The lowest BCUT2D eigenvalue weighted by atomic mass is 10.1. The van der Waals surface area contributed by atoms with Crippen LogP contribution in [0.1, 0.15) is 50.3 Å². The van der Waals surface area contributed by atoms with Gasteiger partial charge in [0, 0.05) is 29.6 Å². The van der Waals surface area contributed by atoms with Crippen LogP contribution in [0.15, 0.2) is 42.0 Å². The highest BCUT2D eigenvalue weighted by Gasteiger charge is 2.17. The minimum atomic E-state index is 0.261. The summed E-state index contributed by atoms with van der Waals surface area (Å²) in [6, 6.07) is 12.6. The first-order valence-electron chi connectivity index (χ1n) is 11.5. The van der Waals surface area contributed by atoms with Gasteiger partial charge in [0.25, 0.3) is 0 Å². The topological polar surface area (TPSA) is 39.5 Å². The van der Waals surface area contributed by atoms with E-state index < -0.39 is 0 Å².